The molecule has 2 aromatic rings. The molecule has 0 aliphatic carbocycles. The number of carbonyl (C=O) groups excluding carboxylic acids is 2. The first kappa shape index (κ1) is 13.1. The Hall–Kier alpha value is -2.87. The van der Waals surface area contributed by atoms with E-state index in [2.05, 4.69) is 5.32 Å². The van der Waals surface area contributed by atoms with Crippen molar-refractivity contribution in [3.63, 3.8) is 0 Å². The quantitative estimate of drug-likeness (QED) is 0.861. The molecule has 1 fully saturated rings. The van der Waals surface area contributed by atoms with E-state index in [-0.39, 0.29) is 24.4 Å². The standard InChI is InChI=1S/C16H13N3O2/c17-8-14-10-19(14)15(20)9-18-16(21)13-6-5-11-3-1-2-4-12(11)7-13/h1-7,14H,9-10H2,(H,18,21). The van der Waals surface area contributed by atoms with Crippen LogP contribution in [0.4, 0.5) is 0 Å². The van der Waals surface area contributed by atoms with Crippen molar-refractivity contribution in [1.82, 2.24) is 10.2 Å². The number of nitrogens with one attached hydrogen (secondary N) is 1. The van der Waals surface area contributed by atoms with E-state index in [9.17, 15) is 9.59 Å². The zero-order chi connectivity index (χ0) is 14.8. The lowest BCUT2D eigenvalue weighted by atomic mass is 10.1. The van der Waals surface area contributed by atoms with Gasteiger partial charge in [0, 0.05) is 5.56 Å². The van der Waals surface area contributed by atoms with Gasteiger partial charge in [-0.2, -0.15) is 5.26 Å². The van der Waals surface area contributed by atoms with Crippen molar-refractivity contribution in [2.45, 2.75) is 6.04 Å². The Morgan fingerprint density at radius 1 is 1.24 bits per heavy atom. The highest BCUT2D eigenvalue weighted by Gasteiger charge is 2.38. The molecule has 1 aliphatic heterocycles. The first-order valence-corrected chi connectivity index (χ1v) is 6.65. The normalized spacial score (nSPS) is 16.3. The van der Waals surface area contributed by atoms with Gasteiger partial charge >= 0.3 is 0 Å². The number of hydrogen-bond donors (Lipinski definition) is 1. The number of benzene rings is 2. The Morgan fingerprint density at radius 2 is 2.00 bits per heavy atom. The van der Waals surface area contributed by atoms with Crippen molar-refractivity contribution in [3.8, 4) is 6.07 Å². The summed E-state index contributed by atoms with van der Waals surface area (Å²) < 4.78 is 0. The molecule has 1 aliphatic rings. The molecule has 1 atom stereocenters. The fourth-order valence-corrected chi connectivity index (χ4v) is 2.22. The maximum Gasteiger partial charge on any atom is 0.251 e. The molecule has 0 aromatic heterocycles. The van der Waals surface area contributed by atoms with E-state index in [0.29, 0.717) is 12.1 Å². The lowest BCUT2D eigenvalue weighted by Crippen LogP contribution is -2.33. The maximum absolute atomic E-state index is 12.0. The highest BCUT2D eigenvalue weighted by Crippen LogP contribution is 2.16. The molecule has 0 radical (unpaired) electrons. The van der Waals surface area contributed by atoms with Crippen LogP contribution in [0, 0.1) is 11.3 Å². The van der Waals surface area contributed by atoms with Gasteiger partial charge in [-0.25, -0.2) is 0 Å². The van der Waals surface area contributed by atoms with Crippen molar-refractivity contribution < 1.29 is 9.59 Å². The van der Waals surface area contributed by atoms with Crippen molar-refractivity contribution in [3.05, 3.63) is 48.0 Å². The molecule has 2 amide bonds. The number of carbonyl (C=O) groups is 2. The summed E-state index contributed by atoms with van der Waals surface area (Å²) in [6.07, 6.45) is 0. The second kappa shape index (κ2) is 5.25. The van der Waals surface area contributed by atoms with Crippen LogP contribution in [0.15, 0.2) is 42.5 Å². The van der Waals surface area contributed by atoms with Gasteiger partial charge < -0.3 is 10.2 Å². The molecule has 104 valence electrons. The van der Waals surface area contributed by atoms with Crippen LogP contribution in [0.3, 0.4) is 0 Å². The predicted octanol–water partition coefficient (Wildman–Crippen LogP) is 1.30. The molecule has 5 nitrogen and oxygen atoms in total. The van der Waals surface area contributed by atoms with Gasteiger partial charge in [0.05, 0.1) is 19.2 Å². The minimum atomic E-state index is -0.324. The Labute approximate surface area is 121 Å². The van der Waals surface area contributed by atoms with Crippen LogP contribution in [-0.4, -0.2) is 35.8 Å². The molecule has 3 rings (SSSR count). The average Bonchev–Trinajstić information content (AvgIpc) is 3.31. The minimum absolute atomic E-state index is 0.0795. The first-order chi connectivity index (χ1) is 10.2. The number of nitriles is 1. The van der Waals surface area contributed by atoms with E-state index in [1.54, 1.807) is 12.1 Å². The number of nitrogens with zero attached hydrogens (tertiary/aromatic N) is 2. The number of rotatable bonds is 3. The Kier molecular flexibility index (Phi) is 3.28. The first-order valence-electron chi connectivity index (χ1n) is 6.65. The van der Waals surface area contributed by atoms with Crippen molar-refractivity contribution in [1.29, 1.82) is 5.26 Å². The molecule has 1 saturated heterocycles. The molecule has 5 heteroatoms. The van der Waals surface area contributed by atoms with Gasteiger partial charge in [-0.15, -0.1) is 0 Å². The molecule has 2 aromatic carbocycles. The number of fused-ring (bicyclic) bond motifs is 1. The Balaban J connectivity index is 1.64. The molecule has 1 heterocycles. The van der Waals surface area contributed by atoms with Gasteiger partial charge in [-0.05, 0) is 22.9 Å². The fraction of sp³-hybridized carbons (Fsp3) is 0.188. The second-order valence-corrected chi connectivity index (χ2v) is 4.94. The van der Waals surface area contributed by atoms with Crippen molar-refractivity contribution >= 4 is 22.6 Å². The Morgan fingerprint density at radius 3 is 2.71 bits per heavy atom. The van der Waals surface area contributed by atoms with E-state index in [0.717, 1.165) is 10.8 Å². The summed E-state index contributed by atoms with van der Waals surface area (Å²) in [5.74, 6) is -0.514. The molecular formula is C16H13N3O2. The van der Waals surface area contributed by atoms with Gasteiger partial charge in [0.1, 0.15) is 6.04 Å². The van der Waals surface area contributed by atoms with Crippen LogP contribution in [0.25, 0.3) is 10.8 Å². The van der Waals surface area contributed by atoms with E-state index >= 15 is 0 Å². The smallest absolute Gasteiger partial charge is 0.251 e. The lowest BCUT2D eigenvalue weighted by molar-refractivity contribution is -0.124. The molecular weight excluding hydrogens is 266 g/mol. The third kappa shape index (κ3) is 2.70. The van der Waals surface area contributed by atoms with Crippen LogP contribution < -0.4 is 5.32 Å². The van der Waals surface area contributed by atoms with Crippen LogP contribution in [0.1, 0.15) is 10.4 Å². The van der Waals surface area contributed by atoms with E-state index in [1.807, 2.05) is 36.4 Å². The molecule has 0 saturated carbocycles. The lowest BCUT2D eigenvalue weighted by Gasteiger charge is -2.06. The summed E-state index contributed by atoms with van der Waals surface area (Å²) in [6, 6.07) is 14.8. The molecule has 1 N–H and O–H groups in total. The third-order valence-electron chi connectivity index (χ3n) is 3.49. The summed E-state index contributed by atoms with van der Waals surface area (Å²) >= 11 is 0. The van der Waals surface area contributed by atoms with Crippen LogP contribution >= 0.6 is 0 Å². The van der Waals surface area contributed by atoms with E-state index in [4.69, 9.17) is 5.26 Å². The zero-order valence-electron chi connectivity index (χ0n) is 11.2. The van der Waals surface area contributed by atoms with Crippen molar-refractivity contribution in [2.75, 3.05) is 13.1 Å². The molecule has 0 bridgehead atoms. The zero-order valence-corrected chi connectivity index (χ0v) is 11.2. The summed E-state index contributed by atoms with van der Waals surface area (Å²) in [4.78, 5) is 25.2. The van der Waals surface area contributed by atoms with Crippen LogP contribution in [-0.2, 0) is 4.79 Å². The van der Waals surface area contributed by atoms with Crippen LogP contribution in [0.5, 0.6) is 0 Å². The molecule has 21 heavy (non-hydrogen) atoms. The summed E-state index contributed by atoms with van der Waals surface area (Å²) in [5, 5.41) is 13.3. The average molecular weight is 279 g/mol. The van der Waals surface area contributed by atoms with Crippen LogP contribution in [0.2, 0.25) is 0 Å². The van der Waals surface area contributed by atoms with Gasteiger partial charge in [0.2, 0.25) is 5.91 Å². The second-order valence-electron chi connectivity index (χ2n) is 4.94. The highest BCUT2D eigenvalue weighted by atomic mass is 16.2. The largest absolute Gasteiger partial charge is 0.343 e. The summed E-state index contributed by atoms with van der Waals surface area (Å²) in [7, 11) is 0. The summed E-state index contributed by atoms with van der Waals surface area (Å²) in [6.45, 7) is 0.380. The monoisotopic (exact) mass is 279 g/mol. The minimum Gasteiger partial charge on any atom is -0.343 e. The predicted molar refractivity (Wildman–Crippen MR) is 77.4 cm³/mol. The SMILES string of the molecule is N#CC1CN1C(=O)CNC(=O)c1ccc2ccccc2c1. The maximum atomic E-state index is 12.0. The van der Waals surface area contributed by atoms with E-state index < -0.39 is 0 Å². The van der Waals surface area contributed by atoms with Gasteiger partial charge in [-0.3, -0.25) is 9.59 Å². The topological polar surface area (TPSA) is 73.0 Å². The van der Waals surface area contributed by atoms with Gasteiger partial charge in [0.15, 0.2) is 0 Å². The van der Waals surface area contributed by atoms with Gasteiger partial charge in [0.25, 0.3) is 5.91 Å². The molecule has 0 spiro atoms. The number of amides is 2. The number of hydrogen-bond acceptors (Lipinski definition) is 3. The Bertz CT molecular complexity index is 763. The van der Waals surface area contributed by atoms with E-state index in [1.165, 1.54) is 4.90 Å². The third-order valence-corrected chi connectivity index (χ3v) is 3.49. The molecule has 1 unspecified atom stereocenters. The van der Waals surface area contributed by atoms with Crippen molar-refractivity contribution in [2.24, 2.45) is 0 Å². The highest BCUT2D eigenvalue weighted by molar-refractivity contribution is 6.00. The summed E-state index contributed by atoms with van der Waals surface area (Å²) in [5.41, 5.74) is 0.518. The fourth-order valence-electron chi connectivity index (χ4n) is 2.22. The van der Waals surface area contributed by atoms with Gasteiger partial charge in [-0.1, -0.05) is 30.3 Å².